The summed E-state index contributed by atoms with van der Waals surface area (Å²) in [7, 11) is 1.73. The Labute approximate surface area is 176 Å². The molecule has 154 valence electrons. The number of hydrogen-bond donors (Lipinski definition) is 1. The highest BCUT2D eigenvalue weighted by Crippen LogP contribution is 2.28. The van der Waals surface area contributed by atoms with Gasteiger partial charge in [0.25, 0.3) is 5.91 Å². The van der Waals surface area contributed by atoms with Crippen LogP contribution in [0.15, 0.2) is 78.9 Å². The summed E-state index contributed by atoms with van der Waals surface area (Å²) in [5.41, 5.74) is 3.25. The second-order valence-electron chi connectivity index (χ2n) is 7.19. The molecule has 3 aromatic carbocycles. The molecule has 0 radical (unpaired) electrons. The highest BCUT2D eigenvalue weighted by atomic mass is 19.1. The van der Waals surface area contributed by atoms with Crippen LogP contribution in [-0.2, 0) is 4.79 Å². The van der Waals surface area contributed by atoms with Crippen LogP contribution in [0.3, 0.4) is 0 Å². The number of nitrogens with zero attached hydrogens (tertiary/aromatic N) is 1. The van der Waals surface area contributed by atoms with E-state index < -0.39 is 0 Å². The second kappa shape index (κ2) is 9.83. The first-order valence-electron chi connectivity index (χ1n) is 9.87. The van der Waals surface area contributed by atoms with Crippen molar-refractivity contribution in [2.75, 3.05) is 13.6 Å². The van der Waals surface area contributed by atoms with Gasteiger partial charge in [-0.25, -0.2) is 4.39 Å². The van der Waals surface area contributed by atoms with Gasteiger partial charge in [-0.05, 0) is 41.8 Å². The first-order chi connectivity index (χ1) is 14.5. The number of aryl methyl sites for hydroxylation is 1. The van der Waals surface area contributed by atoms with Gasteiger partial charge in [-0.3, -0.25) is 9.59 Å². The zero-order valence-corrected chi connectivity index (χ0v) is 17.1. The summed E-state index contributed by atoms with van der Waals surface area (Å²) < 4.78 is 13.4. The topological polar surface area (TPSA) is 49.4 Å². The van der Waals surface area contributed by atoms with E-state index in [1.807, 2.05) is 55.5 Å². The fraction of sp³-hybridized carbons (Fsp3) is 0.200. The van der Waals surface area contributed by atoms with Crippen LogP contribution in [-0.4, -0.2) is 30.3 Å². The Balaban J connectivity index is 1.69. The number of nitrogens with one attached hydrogen (secondary N) is 1. The molecule has 0 spiro atoms. The molecular formula is C25H25FN2O2. The van der Waals surface area contributed by atoms with Crippen molar-refractivity contribution in [2.24, 2.45) is 0 Å². The van der Waals surface area contributed by atoms with Gasteiger partial charge in [-0.2, -0.15) is 0 Å². The van der Waals surface area contributed by atoms with Crippen molar-refractivity contribution in [3.05, 3.63) is 107 Å². The summed E-state index contributed by atoms with van der Waals surface area (Å²) in [6, 6.07) is 22.8. The second-order valence-corrected chi connectivity index (χ2v) is 7.19. The number of hydrogen-bond acceptors (Lipinski definition) is 2. The van der Waals surface area contributed by atoms with Crippen LogP contribution in [0.2, 0.25) is 0 Å². The van der Waals surface area contributed by atoms with E-state index in [0.29, 0.717) is 5.56 Å². The zero-order valence-electron chi connectivity index (χ0n) is 17.1. The largest absolute Gasteiger partial charge is 0.352 e. The minimum Gasteiger partial charge on any atom is -0.352 e. The Morgan fingerprint density at radius 3 is 2.17 bits per heavy atom. The van der Waals surface area contributed by atoms with Gasteiger partial charge in [0.1, 0.15) is 5.82 Å². The molecule has 0 aliphatic rings. The molecular weight excluding hydrogens is 379 g/mol. The van der Waals surface area contributed by atoms with E-state index in [9.17, 15) is 14.0 Å². The minimum atomic E-state index is -0.341. The lowest BCUT2D eigenvalue weighted by Crippen LogP contribution is -2.35. The summed E-state index contributed by atoms with van der Waals surface area (Å²) >= 11 is 0. The molecule has 0 aliphatic carbocycles. The van der Waals surface area contributed by atoms with Crippen molar-refractivity contribution in [1.29, 1.82) is 0 Å². The Morgan fingerprint density at radius 1 is 0.900 bits per heavy atom. The maximum Gasteiger partial charge on any atom is 0.251 e. The maximum atomic E-state index is 13.4. The van der Waals surface area contributed by atoms with Crippen molar-refractivity contribution in [1.82, 2.24) is 10.2 Å². The Kier molecular flexibility index (Phi) is 6.96. The number of carbonyl (C=O) groups excluding carboxylic acids is 2. The van der Waals surface area contributed by atoms with E-state index in [1.165, 1.54) is 12.1 Å². The third kappa shape index (κ3) is 5.11. The van der Waals surface area contributed by atoms with Crippen molar-refractivity contribution in [3.8, 4) is 0 Å². The molecule has 2 amide bonds. The number of benzene rings is 3. The molecule has 0 aliphatic heterocycles. The first-order valence-corrected chi connectivity index (χ1v) is 9.87. The van der Waals surface area contributed by atoms with Crippen LogP contribution >= 0.6 is 0 Å². The average molecular weight is 404 g/mol. The Bertz CT molecular complexity index is 1000. The van der Waals surface area contributed by atoms with E-state index in [-0.39, 0.29) is 36.6 Å². The van der Waals surface area contributed by atoms with Crippen molar-refractivity contribution < 1.29 is 14.0 Å². The first kappa shape index (κ1) is 21.2. The van der Waals surface area contributed by atoms with Gasteiger partial charge in [0.15, 0.2) is 0 Å². The molecule has 0 aromatic heterocycles. The molecule has 5 heteroatoms. The Morgan fingerprint density at radius 2 is 1.50 bits per heavy atom. The lowest BCUT2D eigenvalue weighted by Gasteiger charge is -2.29. The van der Waals surface area contributed by atoms with Crippen molar-refractivity contribution >= 4 is 11.8 Å². The molecule has 1 atom stereocenters. The fourth-order valence-corrected chi connectivity index (χ4v) is 3.45. The molecule has 4 nitrogen and oxygen atoms in total. The van der Waals surface area contributed by atoms with Crippen molar-refractivity contribution in [3.63, 3.8) is 0 Å². The molecule has 3 rings (SSSR count). The SMILES string of the molecule is Cc1ccccc1C(=O)NCCC(=O)N(C)C(c1ccccc1)c1ccc(F)cc1. The van der Waals surface area contributed by atoms with Gasteiger partial charge in [0.05, 0.1) is 6.04 Å². The molecule has 0 saturated carbocycles. The third-order valence-corrected chi connectivity index (χ3v) is 5.10. The van der Waals surface area contributed by atoms with Gasteiger partial charge >= 0.3 is 0 Å². The van der Waals surface area contributed by atoms with Gasteiger partial charge in [-0.15, -0.1) is 0 Å². The van der Waals surface area contributed by atoms with E-state index >= 15 is 0 Å². The average Bonchev–Trinajstić information content (AvgIpc) is 2.76. The van der Waals surface area contributed by atoms with Crippen LogP contribution < -0.4 is 5.32 Å². The van der Waals surface area contributed by atoms with Crippen LogP contribution in [0.4, 0.5) is 4.39 Å². The summed E-state index contributed by atoms with van der Waals surface area (Å²) in [5, 5.41) is 2.82. The van der Waals surface area contributed by atoms with E-state index in [4.69, 9.17) is 0 Å². The fourth-order valence-electron chi connectivity index (χ4n) is 3.45. The third-order valence-electron chi connectivity index (χ3n) is 5.10. The summed E-state index contributed by atoms with van der Waals surface area (Å²) in [6.07, 6.45) is 0.165. The summed E-state index contributed by atoms with van der Waals surface area (Å²) in [6.45, 7) is 2.11. The quantitative estimate of drug-likeness (QED) is 0.630. The number of halogens is 1. The molecule has 0 heterocycles. The lowest BCUT2D eigenvalue weighted by molar-refractivity contribution is -0.131. The minimum absolute atomic E-state index is 0.113. The normalized spacial score (nSPS) is 11.6. The Hall–Kier alpha value is -3.47. The van der Waals surface area contributed by atoms with E-state index in [1.54, 1.807) is 30.1 Å². The molecule has 30 heavy (non-hydrogen) atoms. The molecule has 3 aromatic rings. The highest BCUT2D eigenvalue weighted by Gasteiger charge is 2.23. The predicted octanol–water partition coefficient (Wildman–Crippen LogP) is 4.50. The predicted molar refractivity (Wildman–Crippen MR) is 116 cm³/mol. The summed E-state index contributed by atoms with van der Waals surface area (Å²) in [4.78, 5) is 26.9. The maximum absolute atomic E-state index is 13.4. The van der Waals surface area contributed by atoms with Crippen LogP contribution in [0.1, 0.15) is 39.5 Å². The van der Waals surface area contributed by atoms with Gasteiger partial charge in [-0.1, -0.05) is 60.7 Å². The number of amides is 2. The lowest BCUT2D eigenvalue weighted by atomic mass is 9.97. The van der Waals surface area contributed by atoms with Crippen LogP contribution in [0.5, 0.6) is 0 Å². The van der Waals surface area contributed by atoms with Crippen LogP contribution in [0, 0.1) is 12.7 Å². The van der Waals surface area contributed by atoms with Gasteiger partial charge in [0.2, 0.25) is 5.91 Å². The highest BCUT2D eigenvalue weighted by molar-refractivity contribution is 5.95. The van der Waals surface area contributed by atoms with E-state index in [2.05, 4.69) is 5.32 Å². The smallest absolute Gasteiger partial charge is 0.251 e. The molecule has 0 saturated heterocycles. The molecule has 0 bridgehead atoms. The van der Waals surface area contributed by atoms with Gasteiger partial charge < -0.3 is 10.2 Å². The summed E-state index contributed by atoms with van der Waals surface area (Å²) in [5.74, 6) is -0.626. The molecule has 1 unspecified atom stereocenters. The standard InChI is InChI=1S/C25H25FN2O2/c1-18-8-6-7-11-22(18)25(30)27-17-16-23(29)28(2)24(19-9-4-3-5-10-19)20-12-14-21(26)15-13-20/h3-15,24H,16-17H2,1-2H3,(H,27,30). The number of rotatable bonds is 7. The van der Waals surface area contributed by atoms with Crippen molar-refractivity contribution in [2.45, 2.75) is 19.4 Å². The van der Waals surface area contributed by atoms with E-state index in [0.717, 1.165) is 16.7 Å². The monoisotopic (exact) mass is 404 g/mol. The molecule has 1 N–H and O–H groups in total. The molecule has 0 fully saturated rings. The van der Waals surface area contributed by atoms with Gasteiger partial charge in [0, 0.05) is 25.6 Å². The number of carbonyl (C=O) groups is 2. The zero-order chi connectivity index (χ0) is 21.5. The van der Waals surface area contributed by atoms with Crippen LogP contribution in [0.25, 0.3) is 0 Å².